The fourth-order valence-corrected chi connectivity index (χ4v) is 19.2. The summed E-state index contributed by atoms with van der Waals surface area (Å²) in [5.74, 6) is 0.890. The van der Waals surface area contributed by atoms with Gasteiger partial charge in [-0.15, -0.1) is 0 Å². The minimum absolute atomic E-state index is 0.00239. The Bertz CT molecular complexity index is 2260. The molecular formula is C54H76N2O8. The molecule has 0 aromatic carbocycles. The zero-order valence-electron chi connectivity index (χ0n) is 40.1. The summed E-state index contributed by atoms with van der Waals surface area (Å²) in [7, 11) is 0. The maximum Gasteiger partial charge on any atom is 0.174 e. The van der Waals surface area contributed by atoms with E-state index in [1.807, 2.05) is 6.92 Å². The maximum atomic E-state index is 12.9. The number of hydrogen-bond acceptors (Lipinski definition) is 10. The molecule has 10 heteroatoms. The molecule has 8 aliphatic carbocycles. The van der Waals surface area contributed by atoms with E-state index in [9.17, 15) is 20.4 Å². The average Bonchev–Trinajstić information content (AvgIpc) is 3.93. The Morgan fingerprint density at radius 2 is 1.25 bits per heavy atom. The molecule has 12 aliphatic rings. The van der Waals surface area contributed by atoms with Gasteiger partial charge < -0.3 is 39.4 Å². The molecule has 4 saturated heterocycles. The lowest BCUT2D eigenvalue weighted by Crippen LogP contribution is -2.64. The van der Waals surface area contributed by atoms with Crippen molar-refractivity contribution in [1.82, 2.24) is 9.97 Å². The highest BCUT2D eigenvalue weighted by Gasteiger charge is 2.77. The van der Waals surface area contributed by atoms with Crippen LogP contribution in [-0.4, -0.2) is 89.8 Å². The van der Waals surface area contributed by atoms with Gasteiger partial charge in [0, 0.05) is 41.4 Å². The van der Waals surface area contributed by atoms with Gasteiger partial charge in [-0.1, -0.05) is 64.8 Å². The summed E-state index contributed by atoms with van der Waals surface area (Å²) in [5.41, 5.74) is 3.89. The van der Waals surface area contributed by atoms with Gasteiger partial charge in [0.15, 0.2) is 11.6 Å². The Labute approximate surface area is 380 Å². The molecule has 64 heavy (non-hydrogen) atoms. The first-order valence-corrected chi connectivity index (χ1v) is 25.8. The molecule has 2 spiro atoms. The number of rotatable bonds is 0. The normalized spacial score (nSPS) is 58.2. The van der Waals surface area contributed by atoms with Crippen LogP contribution in [0, 0.1) is 74.9 Å². The summed E-state index contributed by atoms with van der Waals surface area (Å²) in [4.78, 5) is 11.3. The molecule has 350 valence electrons. The highest BCUT2D eigenvalue weighted by Crippen LogP contribution is 2.72. The van der Waals surface area contributed by atoms with E-state index < -0.39 is 46.5 Å². The van der Waals surface area contributed by atoms with Crippen LogP contribution >= 0.6 is 0 Å². The molecule has 5 heterocycles. The molecule has 0 unspecified atom stereocenters. The standard InChI is InChI=1S/C54H76N2O8/c1-27-45-41(62-52(27)16-14-46(3,4)64-52)20-35-31-12-10-29-18-37-39(24-48(29,6)33(31)21-42(57)50(35,45)8)55-38-19-30-11-13-32-34(49(30,7)25-40(38)56-37)22-43(58)51(9)36(32)23-44-54(51,60)28(2)53(63-44)17-15-47(5,59)26-61-53/h20,23,27-34,41-45,57-60H,10-19,21-22,24-26H2,1-9H3/t27-,28+,29-,30-,31+,32+,33-,34-,41-,42+,43+,44-,45-,47-,48-,49-,50+,51+,52-,53+,54+/m0/s1. The Hall–Kier alpha value is -1.76. The quantitative estimate of drug-likeness (QED) is 0.196. The Kier molecular flexibility index (Phi) is 8.41. The van der Waals surface area contributed by atoms with Gasteiger partial charge in [0.05, 0.1) is 58.9 Å². The third-order valence-electron chi connectivity index (χ3n) is 23.1. The summed E-state index contributed by atoms with van der Waals surface area (Å²) >= 11 is 0. The summed E-state index contributed by atoms with van der Waals surface area (Å²) in [6.07, 6.45) is 15.6. The number of aromatic nitrogens is 2. The third-order valence-corrected chi connectivity index (χ3v) is 23.1. The number of fused-ring (bicyclic) bond motifs is 16. The van der Waals surface area contributed by atoms with E-state index in [0.29, 0.717) is 42.9 Å². The van der Waals surface area contributed by atoms with Crippen molar-refractivity contribution >= 4 is 0 Å². The summed E-state index contributed by atoms with van der Waals surface area (Å²) in [6, 6.07) is 0. The van der Waals surface area contributed by atoms with Gasteiger partial charge in [0.25, 0.3) is 0 Å². The SMILES string of the molecule is C[C@@H]1[C@@]2(CC[C@](C)(O)CO2)O[C@H]2C=C3[C@@H]4CC[C@H]5Cc6nc7c(nc6C[C@]5(C)[C@H]4C[C@@H](O)[C@]3(C)[C@]21O)C[C@@H]1CC[C@H]2C3=C[C@@H]4O[C@]5(CCC(C)(C)O5)[C@@H](C)[C@@H]4[C@@]3(C)[C@H](O)C[C@@H]2[C@@]1(C)C7. The van der Waals surface area contributed by atoms with E-state index in [4.69, 9.17) is 28.9 Å². The predicted octanol–water partition coefficient (Wildman–Crippen LogP) is 7.35. The minimum Gasteiger partial charge on any atom is -0.392 e. The van der Waals surface area contributed by atoms with Crippen molar-refractivity contribution in [2.24, 2.45) is 74.9 Å². The molecule has 13 rings (SSSR count). The molecule has 4 saturated carbocycles. The molecule has 1 aromatic rings. The van der Waals surface area contributed by atoms with E-state index in [-0.39, 0.29) is 64.1 Å². The molecular weight excluding hydrogens is 805 g/mol. The van der Waals surface area contributed by atoms with Gasteiger partial charge >= 0.3 is 0 Å². The maximum absolute atomic E-state index is 12.9. The van der Waals surface area contributed by atoms with Crippen molar-refractivity contribution in [3.05, 3.63) is 46.1 Å². The van der Waals surface area contributed by atoms with Crippen LogP contribution in [-0.2, 0) is 44.6 Å². The van der Waals surface area contributed by atoms with Crippen LogP contribution in [0.2, 0.25) is 0 Å². The highest BCUT2D eigenvalue weighted by atomic mass is 16.7. The summed E-state index contributed by atoms with van der Waals surface area (Å²) < 4.78 is 26.8. The number of nitrogens with zero attached hydrogens (tertiary/aromatic N) is 2. The second-order valence-electron chi connectivity index (χ2n) is 26.2. The molecule has 4 N–H and O–H groups in total. The van der Waals surface area contributed by atoms with Crippen molar-refractivity contribution in [1.29, 1.82) is 0 Å². The predicted molar refractivity (Wildman–Crippen MR) is 238 cm³/mol. The number of hydrogen-bond donors (Lipinski definition) is 4. The fourth-order valence-electron chi connectivity index (χ4n) is 19.2. The Balaban J connectivity index is 0.766. The van der Waals surface area contributed by atoms with Crippen LogP contribution in [0.4, 0.5) is 0 Å². The Morgan fingerprint density at radius 3 is 1.83 bits per heavy atom. The first-order chi connectivity index (χ1) is 30.0. The minimum atomic E-state index is -1.30. The van der Waals surface area contributed by atoms with Gasteiger partial charge in [-0.05, 0) is 144 Å². The van der Waals surface area contributed by atoms with Gasteiger partial charge in [-0.2, -0.15) is 0 Å². The van der Waals surface area contributed by atoms with Crippen LogP contribution in [0.5, 0.6) is 0 Å². The summed E-state index contributed by atoms with van der Waals surface area (Å²) in [5, 5.41) is 48.5. The molecule has 4 aliphatic heterocycles. The van der Waals surface area contributed by atoms with Crippen LogP contribution in [0.3, 0.4) is 0 Å². The lowest BCUT2D eigenvalue weighted by Gasteiger charge is -2.61. The number of aliphatic hydroxyl groups excluding tert-OH is 2. The Morgan fingerprint density at radius 1 is 0.656 bits per heavy atom. The first kappa shape index (κ1) is 42.4. The van der Waals surface area contributed by atoms with Crippen molar-refractivity contribution in [2.75, 3.05) is 6.61 Å². The van der Waals surface area contributed by atoms with E-state index in [1.165, 1.54) is 40.3 Å². The van der Waals surface area contributed by atoms with Gasteiger partial charge in [-0.3, -0.25) is 9.97 Å². The van der Waals surface area contributed by atoms with Gasteiger partial charge in [0.2, 0.25) is 0 Å². The van der Waals surface area contributed by atoms with E-state index in [1.54, 1.807) is 6.92 Å². The zero-order chi connectivity index (χ0) is 44.7. The van der Waals surface area contributed by atoms with E-state index in [2.05, 4.69) is 60.6 Å². The van der Waals surface area contributed by atoms with Crippen LogP contribution < -0.4 is 0 Å². The molecule has 10 nitrogen and oxygen atoms in total. The molecule has 0 bridgehead atoms. The lowest BCUT2D eigenvalue weighted by molar-refractivity contribution is -0.289. The second-order valence-corrected chi connectivity index (χ2v) is 26.2. The van der Waals surface area contributed by atoms with Crippen molar-refractivity contribution < 1.29 is 39.4 Å². The molecule has 1 aromatic heterocycles. The second kappa shape index (κ2) is 12.7. The average molecular weight is 881 g/mol. The molecule has 0 amide bonds. The van der Waals surface area contributed by atoms with Crippen molar-refractivity contribution in [2.45, 2.75) is 205 Å². The van der Waals surface area contributed by atoms with Crippen molar-refractivity contribution in [3.63, 3.8) is 0 Å². The van der Waals surface area contributed by atoms with Gasteiger partial charge in [-0.25, -0.2) is 0 Å². The number of ether oxygens (including phenoxy) is 4. The van der Waals surface area contributed by atoms with Crippen molar-refractivity contribution in [3.8, 4) is 0 Å². The lowest BCUT2D eigenvalue weighted by atomic mass is 9.44. The van der Waals surface area contributed by atoms with Crippen LogP contribution in [0.15, 0.2) is 23.3 Å². The summed E-state index contributed by atoms with van der Waals surface area (Å²) in [6.45, 7) is 20.2. The fraction of sp³-hybridized carbons (Fsp3) is 0.852. The smallest absolute Gasteiger partial charge is 0.174 e. The largest absolute Gasteiger partial charge is 0.392 e. The van der Waals surface area contributed by atoms with E-state index in [0.717, 1.165) is 64.2 Å². The zero-order valence-corrected chi connectivity index (χ0v) is 40.1. The van der Waals surface area contributed by atoms with E-state index >= 15 is 0 Å². The van der Waals surface area contributed by atoms with Crippen LogP contribution in [0.25, 0.3) is 0 Å². The van der Waals surface area contributed by atoms with Gasteiger partial charge in [0.1, 0.15) is 11.7 Å². The topological polar surface area (TPSA) is 144 Å². The highest BCUT2D eigenvalue weighted by molar-refractivity contribution is 5.43. The van der Waals surface area contributed by atoms with Crippen LogP contribution in [0.1, 0.15) is 149 Å². The molecule has 8 fully saturated rings. The molecule has 0 radical (unpaired) electrons. The monoisotopic (exact) mass is 881 g/mol. The first-order valence-electron chi connectivity index (χ1n) is 25.8. The third kappa shape index (κ3) is 4.97. The molecule has 21 atom stereocenters. The number of aliphatic hydroxyl groups is 4.